The van der Waals surface area contributed by atoms with Gasteiger partial charge in [-0.3, -0.25) is 0 Å². The lowest BCUT2D eigenvalue weighted by atomic mass is 9.83. The molecule has 18 heavy (non-hydrogen) atoms. The molecule has 0 amide bonds. The number of hydrogen-bond donors (Lipinski definition) is 0. The molecule has 0 aliphatic heterocycles. The molecule has 3 heteroatoms. The smallest absolute Gasteiger partial charge is 0.212 e. The number of halogens is 2. The number of aromatic nitrogens is 1. The molecule has 0 radical (unpaired) electrons. The minimum Gasteiger partial charge on any atom is -0.242 e. The van der Waals surface area contributed by atoms with Crippen LogP contribution in [0, 0.1) is 9.49 Å². The van der Waals surface area contributed by atoms with Crippen LogP contribution in [0.15, 0.2) is 35.6 Å². The van der Waals surface area contributed by atoms with Gasteiger partial charge in [0.25, 0.3) is 0 Å². The van der Waals surface area contributed by atoms with Crippen molar-refractivity contribution >= 4 is 28.2 Å². The predicted octanol–water partition coefficient (Wildman–Crippen LogP) is 3.82. The summed E-state index contributed by atoms with van der Waals surface area (Å²) in [5.74, 6) is -0.0377. The molecule has 1 aromatic rings. The fraction of sp³-hybridized carbons (Fsp3) is 0.400. The maximum absolute atomic E-state index is 14.0. The Labute approximate surface area is 122 Å². The number of aryl methyl sites for hydroxylation is 1. The Bertz CT molecular complexity index is 545. The summed E-state index contributed by atoms with van der Waals surface area (Å²) in [7, 11) is 2.03. The summed E-state index contributed by atoms with van der Waals surface area (Å²) in [6.45, 7) is 5.87. The van der Waals surface area contributed by atoms with E-state index in [4.69, 9.17) is 0 Å². The van der Waals surface area contributed by atoms with Crippen molar-refractivity contribution in [3.8, 4) is 0 Å². The molecule has 2 rings (SSSR count). The Morgan fingerprint density at radius 1 is 1.28 bits per heavy atom. The van der Waals surface area contributed by atoms with Crippen molar-refractivity contribution in [3.63, 3.8) is 0 Å². The van der Waals surface area contributed by atoms with Crippen LogP contribution in [0.25, 0.3) is 5.57 Å². The highest BCUT2D eigenvalue weighted by Crippen LogP contribution is 2.35. The maximum Gasteiger partial charge on any atom is 0.212 e. The lowest BCUT2D eigenvalue weighted by molar-refractivity contribution is -0.674. The van der Waals surface area contributed by atoms with Crippen LogP contribution in [0.2, 0.25) is 0 Å². The quantitative estimate of drug-likeness (QED) is 0.531. The molecule has 0 bridgehead atoms. The van der Waals surface area contributed by atoms with Crippen LogP contribution >= 0.6 is 22.6 Å². The first kappa shape index (κ1) is 13.7. The molecule has 0 saturated carbocycles. The molecule has 0 spiro atoms. The third-order valence-electron chi connectivity index (χ3n) is 3.73. The van der Waals surface area contributed by atoms with Gasteiger partial charge in [0.05, 0.1) is 3.57 Å². The Balaban J connectivity index is 2.56. The molecular weight excluding hydrogens is 340 g/mol. The topological polar surface area (TPSA) is 3.88 Å². The average Bonchev–Trinajstić information content (AvgIpc) is 2.32. The average molecular weight is 358 g/mol. The third kappa shape index (κ3) is 2.37. The van der Waals surface area contributed by atoms with Crippen molar-refractivity contribution in [2.75, 3.05) is 0 Å². The Kier molecular flexibility index (Phi) is 3.90. The summed E-state index contributed by atoms with van der Waals surface area (Å²) in [6, 6.07) is 4.20. The van der Waals surface area contributed by atoms with E-state index < -0.39 is 6.17 Å². The third-order valence-corrected chi connectivity index (χ3v) is 4.37. The van der Waals surface area contributed by atoms with Gasteiger partial charge in [-0.15, -0.1) is 0 Å². The molecule has 0 N–H and O–H groups in total. The van der Waals surface area contributed by atoms with E-state index >= 15 is 0 Å². The molecule has 1 aromatic heterocycles. The highest BCUT2D eigenvalue weighted by Gasteiger charge is 2.28. The van der Waals surface area contributed by atoms with E-state index in [1.807, 2.05) is 33.9 Å². The second-order valence-corrected chi connectivity index (χ2v) is 6.26. The van der Waals surface area contributed by atoms with Gasteiger partial charge < -0.3 is 0 Å². The zero-order valence-electron chi connectivity index (χ0n) is 11.2. The van der Waals surface area contributed by atoms with Gasteiger partial charge in [0.1, 0.15) is 13.2 Å². The minimum absolute atomic E-state index is 0.0377. The minimum atomic E-state index is -0.845. The van der Waals surface area contributed by atoms with Crippen molar-refractivity contribution in [2.24, 2.45) is 13.0 Å². The summed E-state index contributed by atoms with van der Waals surface area (Å²) in [5, 5.41) is 0. The van der Waals surface area contributed by atoms with Crippen LogP contribution < -0.4 is 4.57 Å². The first-order chi connectivity index (χ1) is 8.41. The molecule has 0 saturated heterocycles. The van der Waals surface area contributed by atoms with Crippen LogP contribution in [0.1, 0.15) is 26.5 Å². The summed E-state index contributed by atoms with van der Waals surface area (Å²) >= 11 is 2.30. The van der Waals surface area contributed by atoms with Gasteiger partial charge >= 0.3 is 0 Å². The monoisotopic (exact) mass is 358 g/mol. The summed E-state index contributed by atoms with van der Waals surface area (Å²) in [5.41, 5.74) is 4.25. The number of hydrogen-bond acceptors (Lipinski definition) is 0. The van der Waals surface area contributed by atoms with Crippen LogP contribution in [-0.4, -0.2) is 6.17 Å². The molecule has 2 atom stereocenters. The first-order valence-electron chi connectivity index (χ1n) is 6.10. The molecular formula is C15H18FIN+. The number of pyridine rings is 1. The van der Waals surface area contributed by atoms with Crippen molar-refractivity contribution in [2.45, 2.75) is 26.9 Å². The fourth-order valence-electron chi connectivity index (χ4n) is 2.41. The van der Waals surface area contributed by atoms with Crippen LogP contribution in [-0.2, 0) is 7.05 Å². The lowest BCUT2D eigenvalue weighted by Gasteiger charge is -2.25. The van der Waals surface area contributed by atoms with Crippen LogP contribution in [0.5, 0.6) is 0 Å². The second-order valence-electron chi connectivity index (χ2n) is 5.02. The van der Waals surface area contributed by atoms with Crippen LogP contribution in [0.3, 0.4) is 0 Å². The zero-order chi connectivity index (χ0) is 13.4. The van der Waals surface area contributed by atoms with Gasteiger partial charge in [-0.05, 0) is 54.2 Å². The number of allylic oxidation sites excluding steroid dienone is 4. The number of alkyl halides is 1. The standard InChI is InChI=1S/C15H18FIN/c1-9-7-13(10(2)11(3)15(9)16)14-6-5-12(17)8-18(14)4/h5-8,11,15H,1-4H3/q+1. The van der Waals surface area contributed by atoms with E-state index in [0.29, 0.717) is 0 Å². The Hall–Kier alpha value is -0.710. The predicted molar refractivity (Wildman–Crippen MR) is 80.7 cm³/mol. The number of nitrogens with zero attached hydrogens (tertiary/aromatic N) is 1. The molecule has 96 valence electrons. The molecule has 1 aliphatic carbocycles. The molecule has 1 heterocycles. The van der Waals surface area contributed by atoms with E-state index in [1.165, 1.54) is 3.57 Å². The van der Waals surface area contributed by atoms with E-state index in [0.717, 1.165) is 22.4 Å². The van der Waals surface area contributed by atoms with E-state index in [9.17, 15) is 4.39 Å². The SMILES string of the molecule is CC1=CC(c2ccc(I)c[n+]2C)=C(C)C(C)C1F. The van der Waals surface area contributed by atoms with Gasteiger partial charge in [0.15, 0.2) is 6.20 Å². The van der Waals surface area contributed by atoms with E-state index in [1.54, 1.807) is 0 Å². The second kappa shape index (κ2) is 5.11. The zero-order valence-corrected chi connectivity index (χ0v) is 13.3. The molecule has 1 nitrogen and oxygen atoms in total. The normalized spacial score (nSPS) is 24.2. The van der Waals surface area contributed by atoms with Crippen molar-refractivity contribution in [1.82, 2.24) is 0 Å². The largest absolute Gasteiger partial charge is 0.242 e. The summed E-state index contributed by atoms with van der Waals surface area (Å²) in [6.07, 6.45) is 3.23. The maximum atomic E-state index is 14.0. The van der Waals surface area contributed by atoms with Gasteiger partial charge in [0, 0.05) is 17.6 Å². The summed E-state index contributed by atoms with van der Waals surface area (Å²) in [4.78, 5) is 0. The Morgan fingerprint density at radius 2 is 1.94 bits per heavy atom. The highest BCUT2D eigenvalue weighted by molar-refractivity contribution is 14.1. The lowest BCUT2D eigenvalue weighted by Crippen LogP contribution is -2.34. The fourth-order valence-corrected chi connectivity index (χ4v) is 3.01. The van der Waals surface area contributed by atoms with Gasteiger partial charge in [-0.25, -0.2) is 4.39 Å². The first-order valence-corrected chi connectivity index (χ1v) is 7.18. The van der Waals surface area contributed by atoms with Crippen molar-refractivity contribution in [3.05, 3.63) is 44.8 Å². The van der Waals surface area contributed by atoms with E-state index in [-0.39, 0.29) is 5.92 Å². The van der Waals surface area contributed by atoms with Gasteiger partial charge in [-0.1, -0.05) is 12.5 Å². The van der Waals surface area contributed by atoms with Crippen molar-refractivity contribution < 1.29 is 8.96 Å². The number of rotatable bonds is 1. The summed E-state index contributed by atoms with van der Waals surface area (Å²) < 4.78 is 17.3. The highest BCUT2D eigenvalue weighted by atomic mass is 127. The van der Waals surface area contributed by atoms with Crippen LogP contribution in [0.4, 0.5) is 4.39 Å². The van der Waals surface area contributed by atoms with Crippen molar-refractivity contribution in [1.29, 1.82) is 0 Å². The van der Waals surface area contributed by atoms with Gasteiger partial charge in [-0.2, -0.15) is 4.57 Å². The molecule has 2 unspecified atom stereocenters. The Morgan fingerprint density at radius 3 is 2.56 bits per heavy atom. The molecule has 1 aliphatic rings. The van der Waals surface area contributed by atoms with E-state index in [2.05, 4.69) is 45.5 Å². The molecule has 0 aromatic carbocycles. The van der Waals surface area contributed by atoms with Gasteiger partial charge in [0.2, 0.25) is 5.69 Å². The molecule has 0 fully saturated rings.